The first-order chi connectivity index (χ1) is 13.8. The van der Waals surface area contributed by atoms with E-state index in [1.54, 1.807) is 6.33 Å². The number of likely N-dealkylation sites (tertiary alicyclic amines) is 1. The smallest absolute Gasteiger partial charge is 0.146 e. The Morgan fingerprint density at radius 2 is 2.00 bits per heavy atom. The van der Waals surface area contributed by atoms with Crippen molar-refractivity contribution in [3.8, 4) is 11.1 Å². The summed E-state index contributed by atoms with van der Waals surface area (Å²) in [6, 6.07) is 10.7. The number of nitrogens with zero attached hydrogens (tertiary/aromatic N) is 6. The lowest BCUT2D eigenvalue weighted by Gasteiger charge is -2.17. The Morgan fingerprint density at radius 1 is 1.11 bits per heavy atom. The van der Waals surface area contributed by atoms with Gasteiger partial charge in [0.1, 0.15) is 17.8 Å². The van der Waals surface area contributed by atoms with Crippen LogP contribution >= 0.6 is 0 Å². The van der Waals surface area contributed by atoms with Crippen LogP contribution in [0.25, 0.3) is 22.2 Å². The SMILES string of the molecule is Nc1ncnc2c1c(-c1ccccc1)cn2C1CCN(CCn2ccnc2)C1. The molecule has 1 unspecified atom stereocenters. The van der Waals surface area contributed by atoms with Gasteiger partial charge in [-0.05, 0) is 12.0 Å². The number of benzene rings is 1. The number of fused-ring (bicyclic) bond motifs is 1. The van der Waals surface area contributed by atoms with Crippen LogP contribution in [0.5, 0.6) is 0 Å². The van der Waals surface area contributed by atoms with Crippen molar-refractivity contribution < 1.29 is 0 Å². The quantitative estimate of drug-likeness (QED) is 0.582. The van der Waals surface area contributed by atoms with Gasteiger partial charge < -0.3 is 14.9 Å². The standard InChI is InChI=1S/C21H23N7/c22-20-19-18(16-4-2-1-3-5-16)13-28(21(19)25-14-24-20)17-6-8-26(12-17)10-11-27-9-7-23-15-27/h1-5,7,9,13-15,17H,6,8,10-12H2,(H2,22,24,25). The van der Waals surface area contributed by atoms with Crippen molar-refractivity contribution in [3.05, 3.63) is 61.6 Å². The van der Waals surface area contributed by atoms with Gasteiger partial charge >= 0.3 is 0 Å². The molecule has 5 rings (SSSR count). The highest BCUT2D eigenvalue weighted by molar-refractivity contribution is 6.00. The Kier molecular flexibility index (Phi) is 4.29. The van der Waals surface area contributed by atoms with Gasteiger partial charge in [0.15, 0.2) is 0 Å². The fourth-order valence-electron chi connectivity index (χ4n) is 4.14. The molecule has 0 aliphatic carbocycles. The second-order valence-electron chi connectivity index (χ2n) is 7.32. The van der Waals surface area contributed by atoms with E-state index in [1.807, 2.05) is 36.9 Å². The Morgan fingerprint density at radius 3 is 2.82 bits per heavy atom. The van der Waals surface area contributed by atoms with Crippen molar-refractivity contribution >= 4 is 16.9 Å². The Balaban J connectivity index is 1.44. The predicted molar refractivity (Wildman–Crippen MR) is 110 cm³/mol. The normalized spacial score (nSPS) is 17.5. The van der Waals surface area contributed by atoms with E-state index in [-0.39, 0.29) is 0 Å². The molecule has 0 amide bonds. The minimum Gasteiger partial charge on any atom is -0.383 e. The molecule has 3 aromatic heterocycles. The molecule has 7 heteroatoms. The Hall–Kier alpha value is -3.19. The largest absolute Gasteiger partial charge is 0.383 e. The van der Waals surface area contributed by atoms with Crippen LogP contribution in [0.2, 0.25) is 0 Å². The molecule has 0 spiro atoms. The fourth-order valence-corrected chi connectivity index (χ4v) is 4.14. The highest BCUT2D eigenvalue weighted by atomic mass is 15.2. The molecule has 1 aliphatic heterocycles. The molecule has 142 valence electrons. The maximum atomic E-state index is 6.25. The van der Waals surface area contributed by atoms with E-state index < -0.39 is 0 Å². The van der Waals surface area contributed by atoms with Gasteiger partial charge in [-0.3, -0.25) is 4.90 Å². The molecule has 1 saturated heterocycles. The zero-order valence-corrected chi connectivity index (χ0v) is 15.6. The second-order valence-corrected chi connectivity index (χ2v) is 7.32. The average molecular weight is 373 g/mol. The van der Waals surface area contributed by atoms with Crippen molar-refractivity contribution in [2.45, 2.75) is 19.0 Å². The van der Waals surface area contributed by atoms with Crippen LogP contribution in [0.15, 0.2) is 61.6 Å². The van der Waals surface area contributed by atoms with Crippen molar-refractivity contribution in [2.24, 2.45) is 0 Å². The number of nitrogens with two attached hydrogens (primary N) is 1. The molecular weight excluding hydrogens is 350 g/mol. The molecule has 0 bridgehead atoms. The van der Waals surface area contributed by atoms with E-state index in [9.17, 15) is 0 Å². The van der Waals surface area contributed by atoms with E-state index >= 15 is 0 Å². The van der Waals surface area contributed by atoms with E-state index in [0.717, 1.165) is 54.8 Å². The fraction of sp³-hybridized carbons (Fsp3) is 0.286. The van der Waals surface area contributed by atoms with Gasteiger partial charge in [0, 0.05) is 56.4 Å². The van der Waals surface area contributed by atoms with Gasteiger partial charge in [0.25, 0.3) is 0 Å². The first-order valence-corrected chi connectivity index (χ1v) is 9.64. The lowest BCUT2D eigenvalue weighted by Crippen LogP contribution is -2.25. The minimum absolute atomic E-state index is 0.386. The zero-order valence-electron chi connectivity index (χ0n) is 15.6. The Bertz CT molecular complexity index is 1070. The van der Waals surface area contributed by atoms with Gasteiger partial charge in [-0.2, -0.15) is 0 Å². The third kappa shape index (κ3) is 3.03. The van der Waals surface area contributed by atoms with E-state index in [2.05, 4.69) is 47.3 Å². The topological polar surface area (TPSA) is 77.8 Å². The minimum atomic E-state index is 0.386. The zero-order chi connectivity index (χ0) is 18.9. The summed E-state index contributed by atoms with van der Waals surface area (Å²) < 4.78 is 4.42. The van der Waals surface area contributed by atoms with Gasteiger partial charge in [-0.25, -0.2) is 15.0 Å². The molecule has 1 aromatic carbocycles. The first-order valence-electron chi connectivity index (χ1n) is 9.64. The maximum absolute atomic E-state index is 6.25. The van der Waals surface area contributed by atoms with Crippen LogP contribution in [0, 0.1) is 0 Å². The van der Waals surface area contributed by atoms with Crippen molar-refractivity contribution in [1.29, 1.82) is 0 Å². The summed E-state index contributed by atoms with van der Waals surface area (Å²) >= 11 is 0. The summed E-state index contributed by atoms with van der Waals surface area (Å²) in [5.74, 6) is 0.539. The molecule has 1 aliphatic rings. The molecule has 0 radical (unpaired) electrons. The maximum Gasteiger partial charge on any atom is 0.146 e. The van der Waals surface area contributed by atoms with Gasteiger partial charge in [-0.1, -0.05) is 30.3 Å². The van der Waals surface area contributed by atoms with Crippen molar-refractivity contribution in [2.75, 3.05) is 25.4 Å². The monoisotopic (exact) mass is 373 g/mol. The number of imidazole rings is 1. The third-order valence-corrected chi connectivity index (χ3v) is 5.60. The van der Waals surface area contributed by atoms with Crippen molar-refractivity contribution in [3.63, 3.8) is 0 Å². The van der Waals surface area contributed by atoms with Crippen LogP contribution in [0.1, 0.15) is 12.5 Å². The molecule has 4 heterocycles. The lowest BCUT2D eigenvalue weighted by atomic mass is 10.1. The predicted octanol–water partition coefficient (Wildman–Crippen LogP) is 2.82. The molecule has 1 atom stereocenters. The molecule has 1 fully saturated rings. The summed E-state index contributed by atoms with van der Waals surface area (Å²) in [6.07, 6.45) is 10.6. The van der Waals surface area contributed by atoms with Crippen LogP contribution in [-0.4, -0.2) is 48.6 Å². The highest BCUT2D eigenvalue weighted by Crippen LogP contribution is 2.36. The van der Waals surface area contributed by atoms with E-state index in [4.69, 9.17) is 5.73 Å². The van der Waals surface area contributed by atoms with E-state index in [1.165, 1.54) is 0 Å². The molecule has 4 aromatic rings. The summed E-state index contributed by atoms with van der Waals surface area (Å²) in [6.45, 7) is 4.08. The van der Waals surface area contributed by atoms with E-state index in [0.29, 0.717) is 11.9 Å². The Labute approximate surface area is 163 Å². The second kappa shape index (κ2) is 7.09. The number of anilines is 1. The summed E-state index contributed by atoms with van der Waals surface area (Å²) in [5.41, 5.74) is 9.42. The number of nitrogen functional groups attached to an aromatic ring is 1. The number of aromatic nitrogens is 5. The van der Waals surface area contributed by atoms with Gasteiger partial charge in [0.2, 0.25) is 0 Å². The number of rotatable bonds is 5. The molecular formula is C21H23N7. The van der Waals surface area contributed by atoms with Crippen LogP contribution in [-0.2, 0) is 6.54 Å². The summed E-state index contributed by atoms with van der Waals surface area (Å²) in [5, 5.41) is 0.950. The van der Waals surface area contributed by atoms with Gasteiger partial charge in [-0.15, -0.1) is 0 Å². The third-order valence-electron chi connectivity index (χ3n) is 5.60. The van der Waals surface area contributed by atoms with Gasteiger partial charge in [0.05, 0.1) is 11.7 Å². The summed E-state index contributed by atoms with van der Waals surface area (Å²) in [4.78, 5) is 15.4. The summed E-state index contributed by atoms with van der Waals surface area (Å²) in [7, 11) is 0. The average Bonchev–Trinajstić information content (AvgIpc) is 3.47. The van der Waals surface area contributed by atoms with Crippen LogP contribution in [0.3, 0.4) is 0 Å². The molecule has 7 nitrogen and oxygen atoms in total. The lowest BCUT2D eigenvalue weighted by molar-refractivity contribution is 0.310. The molecule has 0 saturated carbocycles. The van der Waals surface area contributed by atoms with Crippen molar-refractivity contribution in [1.82, 2.24) is 29.0 Å². The van der Waals surface area contributed by atoms with Crippen LogP contribution in [0.4, 0.5) is 5.82 Å². The molecule has 28 heavy (non-hydrogen) atoms. The highest BCUT2D eigenvalue weighted by Gasteiger charge is 2.26. The molecule has 2 N–H and O–H groups in total. The first kappa shape index (κ1) is 16.9. The van der Waals surface area contributed by atoms with Crippen LogP contribution < -0.4 is 5.73 Å². The number of hydrogen-bond donors (Lipinski definition) is 1. The number of hydrogen-bond acceptors (Lipinski definition) is 5.